The van der Waals surface area contributed by atoms with Crippen molar-refractivity contribution in [1.82, 2.24) is 9.88 Å². The number of rotatable bonds is 5. The minimum absolute atomic E-state index is 0.0152. The average molecular weight is 440 g/mol. The zero-order chi connectivity index (χ0) is 21.1. The number of nitrogens with zero attached hydrogens (tertiary/aromatic N) is 2. The Morgan fingerprint density at radius 2 is 1.97 bits per heavy atom. The third-order valence-electron chi connectivity index (χ3n) is 5.32. The first-order valence-electron chi connectivity index (χ1n) is 9.84. The summed E-state index contributed by atoms with van der Waals surface area (Å²) in [6.45, 7) is 2.18. The molecular weight excluding hydrogens is 418 g/mol. The summed E-state index contributed by atoms with van der Waals surface area (Å²) in [6, 6.07) is 15.5. The molecule has 2 heterocycles. The quantitative estimate of drug-likeness (QED) is 0.617. The standard InChI is InChI=1S/C23H22ClN3O2S/c1-15(28)27-11-10-16-6-2-4-8-19(16)21(27)13-22(29)26-23-25-14-18(30-23)12-17-7-3-5-9-20(17)24/h2-9,14,21H,10-13H2,1H3,(H,25,26,29). The molecule has 5 nitrogen and oxygen atoms in total. The Balaban J connectivity index is 1.45. The fourth-order valence-corrected chi connectivity index (χ4v) is 4.93. The Bertz CT molecular complexity index is 1080. The highest BCUT2D eigenvalue weighted by atomic mass is 35.5. The first-order valence-corrected chi connectivity index (χ1v) is 11.0. The first kappa shape index (κ1) is 20.6. The molecular formula is C23H22ClN3O2S. The third-order valence-corrected chi connectivity index (χ3v) is 6.60. The fourth-order valence-electron chi connectivity index (χ4n) is 3.87. The largest absolute Gasteiger partial charge is 0.335 e. The van der Waals surface area contributed by atoms with Crippen LogP contribution in [0, 0.1) is 0 Å². The minimum atomic E-state index is -0.255. The molecule has 1 aliphatic heterocycles. The van der Waals surface area contributed by atoms with E-state index in [-0.39, 0.29) is 24.3 Å². The number of halogens is 1. The molecule has 1 aliphatic rings. The topological polar surface area (TPSA) is 62.3 Å². The van der Waals surface area contributed by atoms with Crippen LogP contribution in [0.3, 0.4) is 0 Å². The number of fused-ring (bicyclic) bond motifs is 1. The summed E-state index contributed by atoms with van der Waals surface area (Å²) in [5, 5.41) is 4.17. The Kier molecular flexibility index (Phi) is 6.16. The minimum Gasteiger partial charge on any atom is -0.335 e. The van der Waals surface area contributed by atoms with E-state index in [1.54, 1.807) is 18.0 Å². The monoisotopic (exact) mass is 439 g/mol. The van der Waals surface area contributed by atoms with Gasteiger partial charge in [-0.05, 0) is 29.2 Å². The maximum absolute atomic E-state index is 12.8. The van der Waals surface area contributed by atoms with Crippen LogP contribution in [0.25, 0.3) is 0 Å². The zero-order valence-corrected chi connectivity index (χ0v) is 18.2. The van der Waals surface area contributed by atoms with Crippen LogP contribution < -0.4 is 5.32 Å². The molecule has 0 bridgehead atoms. The van der Waals surface area contributed by atoms with Gasteiger partial charge in [0, 0.05) is 36.0 Å². The molecule has 0 saturated carbocycles. The molecule has 0 aliphatic carbocycles. The van der Waals surface area contributed by atoms with Crippen molar-refractivity contribution in [2.75, 3.05) is 11.9 Å². The molecule has 0 radical (unpaired) electrons. The van der Waals surface area contributed by atoms with Crippen molar-refractivity contribution >= 4 is 39.9 Å². The van der Waals surface area contributed by atoms with Crippen molar-refractivity contribution in [3.8, 4) is 0 Å². The molecule has 0 fully saturated rings. The lowest BCUT2D eigenvalue weighted by Gasteiger charge is -2.36. The van der Waals surface area contributed by atoms with E-state index in [2.05, 4.69) is 16.4 Å². The van der Waals surface area contributed by atoms with Crippen LogP contribution in [-0.2, 0) is 22.4 Å². The Morgan fingerprint density at radius 1 is 1.20 bits per heavy atom. The van der Waals surface area contributed by atoms with Crippen molar-refractivity contribution in [2.24, 2.45) is 0 Å². The van der Waals surface area contributed by atoms with Crippen molar-refractivity contribution in [2.45, 2.75) is 32.2 Å². The van der Waals surface area contributed by atoms with Gasteiger partial charge in [-0.25, -0.2) is 4.98 Å². The van der Waals surface area contributed by atoms with E-state index in [9.17, 15) is 9.59 Å². The van der Waals surface area contributed by atoms with Crippen molar-refractivity contribution in [3.63, 3.8) is 0 Å². The van der Waals surface area contributed by atoms with E-state index in [0.29, 0.717) is 18.1 Å². The van der Waals surface area contributed by atoms with Crippen molar-refractivity contribution in [3.05, 3.63) is 81.3 Å². The summed E-state index contributed by atoms with van der Waals surface area (Å²) in [5.41, 5.74) is 3.27. The lowest BCUT2D eigenvalue weighted by atomic mass is 9.90. The SMILES string of the molecule is CC(=O)N1CCc2ccccc2C1CC(=O)Nc1ncc(Cc2ccccc2Cl)s1. The zero-order valence-electron chi connectivity index (χ0n) is 16.6. The van der Waals surface area contributed by atoms with Gasteiger partial charge in [-0.1, -0.05) is 54.1 Å². The van der Waals surface area contributed by atoms with Gasteiger partial charge < -0.3 is 10.2 Å². The molecule has 2 amide bonds. The second-order valence-corrected chi connectivity index (χ2v) is 8.85. The number of thiazole rings is 1. The number of hydrogen-bond acceptors (Lipinski definition) is 4. The molecule has 30 heavy (non-hydrogen) atoms. The van der Waals surface area contributed by atoms with Gasteiger partial charge >= 0.3 is 0 Å². The summed E-state index contributed by atoms with van der Waals surface area (Å²) >= 11 is 7.67. The number of benzene rings is 2. The molecule has 7 heteroatoms. The third kappa shape index (κ3) is 4.55. The van der Waals surface area contributed by atoms with Crippen molar-refractivity contribution in [1.29, 1.82) is 0 Å². The maximum Gasteiger partial charge on any atom is 0.228 e. The predicted octanol–water partition coefficient (Wildman–Crippen LogP) is 4.86. The molecule has 1 aromatic heterocycles. The smallest absolute Gasteiger partial charge is 0.228 e. The van der Waals surface area contributed by atoms with Gasteiger partial charge in [0.15, 0.2) is 5.13 Å². The van der Waals surface area contributed by atoms with Crippen LogP contribution in [0.2, 0.25) is 5.02 Å². The van der Waals surface area contributed by atoms with Crippen LogP contribution in [0.4, 0.5) is 5.13 Å². The molecule has 0 saturated heterocycles. The molecule has 1 N–H and O–H groups in total. The number of amides is 2. The van der Waals surface area contributed by atoms with E-state index in [1.165, 1.54) is 16.9 Å². The Hall–Kier alpha value is -2.70. The number of aromatic nitrogens is 1. The van der Waals surface area contributed by atoms with Crippen LogP contribution in [0.1, 0.15) is 41.0 Å². The van der Waals surface area contributed by atoms with Crippen molar-refractivity contribution < 1.29 is 9.59 Å². The normalized spacial score (nSPS) is 15.5. The van der Waals surface area contributed by atoms with E-state index in [0.717, 1.165) is 27.4 Å². The first-order chi connectivity index (χ1) is 14.5. The predicted molar refractivity (Wildman–Crippen MR) is 120 cm³/mol. The van der Waals surface area contributed by atoms with E-state index in [1.807, 2.05) is 42.5 Å². The summed E-state index contributed by atoms with van der Waals surface area (Å²) < 4.78 is 0. The Morgan fingerprint density at radius 3 is 2.77 bits per heavy atom. The molecule has 3 aromatic rings. The van der Waals surface area contributed by atoms with Crippen LogP contribution in [0.5, 0.6) is 0 Å². The van der Waals surface area contributed by atoms with Crippen LogP contribution in [0.15, 0.2) is 54.7 Å². The molecule has 4 rings (SSSR count). The second kappa shape index (κ2) is 8.98. The van der Waals surface area contributed by atoms with Gasteiger partial charge in [0.1, 0.15) is 0 Å². The van der Waals surface area contributed by atoms with E-state index < -0.39 is 0 Å². The summed E-state index contributed by atoms with van der Waals surface area (Å²) in [7, 11) is 0. The molecule has 1 unspecified atom stereocenters. The number of hydrogen-bond donors (Lipinski definition) is 1. The van der Waals surface area contributed by atoms with Gasteiger partial charge in [0.2, 0.25) is 11.8 Å². The van der Waals surface area contributed by atoms with Crippen LogP contribution >= 0.6 is 22.9 Å². The maximum atomic E-state index is 12.8. The lowest BCUT2D eigenvalue weighted by molar-refractivity contribution is -0.132. The fraction of sp³-hybridized carbons (Fsp3) is 0.261. The van der Waals surface area contributed by atoms with Gasteiger partial charge in [-0.15, -0.1) is 11.3 Å². The average Bonchev–Trinajstić information content (AvgIpc) is 3.16. The summed E-state index contributed by atoms with van der Waals surface area (Å²) in [4.78, 5) is 32.1. The highest BCUT2D eigenvalue weighted by Crippen LogP contribution is 2.33. The van der Waals surface area contributed by atoms with E-state index >= 15 is 0 Å². The molecule has 0 spiro atoms. The lowest BCUT2D eigenvalue weighted by Crippen LogP contribution is -2.40. The van der Waals surface area contributed by atoms with Gasteiger partial charge in [0.05, 0.1) is 12.5 Å². The van der Waals surface area contributed by atoms with Gasteiger partial charge in [-0.3, -0.25) is 9.59 Å². The number of carbonyl (C=O) groups excluding carboxylic acids is 2. The number of carbonyl (C=O) groups is 2. The van der Waals surface area contributed by atoms with Crippen LogP contribution in [-0.4, -0.2) is 28.2 Å². The molecule has 2 aromatic carbocycles. The van der Waals surface area contributed by atoms with Gasteiger partial charge in [-0.2, -0.15) is 0 Å². The van der Waals surface area contributed by atoms with E-state index in [4.69, 9.17) is 11.6 Å². The number of nitrogens with one attached hydrogen (secondary N) is 1. The number of anilines is 1. The highest BCUT2D eigenvalue weighted by molar-refractivity contribution is 7.15. The molecule has 154 valence electrons. The second-order valence-electron chi connectivity index (χ2n) is 7.33. The molecule has 1 atom stereocenters. The Labute approximate surface area is 184 Å². The summed E-state index contributed by atoms with van der Waals surface area (Å²) in [6.07, 6.45) is 3.45. The summed E-state index contributed by atoms with van der Waals surface area (Å²) in [5.74, 6) is -0.167. The highest BCUT2D eigenvalue weighted by Gasteiger charge is 2.30. The van der Waals surface area contributed by atoms with Gasteiger partial charge in [0.25, 0.3) is 0 Å².